The molecule has 0 bridgehead atoms. The van der Waals surface area contributed by atoms with E-state index >= 15 is 0 Å². The lowest BCUT2D eigenvalue weighted by Gasteiger charge is -2.41. The van der Waals surface area contributed by atoms with Gasteiger partial charge in [0.05, 0.1) is 10.7 Å². The van der Waals surface area contributed by atoms with Crippen molar-refractivity contribution in [3.8, 4) is 0 Å². The fraction of sp³-hybridized carbons (Fsp3) is 0.458. The predicted octanol–water partition coefficient (Wildman–Crippen LogP) is 3.35. The zero-order chi connectivity index (χ0) is 25.3. The number of rotatable bonds is 5. The maximum atomic E-state index is 13.3. The lowest BCUT2D eigenvalue weighted by atomic mass is 9.84. The van der Waals surface area contributed by atoms with Crippen LogP contribution in [0, 0.1) is 11.3 Å². The molecule has 12 heteroatoms. The Hall–Kier alpha value is -2.40. The molecule has 2 aromatic rings. The van der Waals surface area contributed by atoms with Crippen LogP contribution in [0.2, 0.25) is 5.02 Å². The topological polar surface area (TPSA) is 131 Å². The first-order chi connectivity index (χ1) is 16.6. The van der Waals surface area contributed by atoms with Crippen molar-refractivity contribution in [1.29, 1.82) is 5.41 Å². The van der Waals surface area contributed by atoms with Gasteiger partial charge in [0.1, 0.15) is 6.04 Å². The quantitative estimate of drug-likeness (QED) is 0.382. The molecular weight excluding hydrogens is 527 g/mol. The molecule has 2 fully saturated rings. The number of nitrogens with one attached hydrogen (secondary N) is 2. The van der Waals surface area contributed by atoms with Gasteiger partial charge in [-0.25, -0.2) is 13.2 Å². The highest BCUT2D eigenvalue weighted by molar-refractivity contribution is 7.89. The number of nitrogens with zero attached hydrogens (tertiary/aromatic N) is 2. The molecule has 1 saturated carbocycles. The molecule has 1 unspecified atom stereocenters. The number of carboxylic acids is 1. The van der Waals surface area contributed by atoms with Crippen LogP contribution >= 0.6 is 24.0 Å². The number of aliphatic carboxylic acids is 1. The molecule has 36 heavy (non-hydrogen) atoms. The maximum absolute atomic E-state index is 13.3. The minimum Gasteiger partial charge on any atom is -0.480 e. The van der Waals surface area contributed by atoms with Crippen molar-refractivity contribution in [3.63, 3.8) is 0 Å². The van der Waals surface area contributed by atoms with Crippen molar-refractivity contribution in [3.05, 3.63) is 41.4 Å². The van der Waals surface area contributed by atoms with Crippen molar-refractivity contribution in [2.45, 2.75) is 49.6 Å². The number of carbonyl (C=O) groups is 2. The molecule has 196 valence electrons. The number of halogens is 2. The molecular formula is C24H30Cl2N4O5S. The van der Waals surface area contributed by atoms with E-state index in [-0.39, 0.29) is 54.8 Å². The highest BCUT2D eigenvalue weighted by atomic mass is 35.5. The van der Waals surface area contributed by atoms with Gasteiger partial charge in [0.25, 0.3) is 0 Å². The first-order valence-corrected chi connectivity index (χ1v) is 13.4. The highest BCUT2D eigenvalue weighted by Crippen LogP contribution is 2.30. The van der Waals surface area contributed by atoms with Crippen LogP contribution in [0.1, 0.15) is 32.6 Å². The van der Waals surface area contributed by atoms with Crippen LogP contribution in [-0.2, 0) is 19.6 Å². The number of sulfonamides is 1. The third kappa shape index (κ3) is 5.94. The Balaban J connectivity index is 0.00000361. The van der Waals surface area contributed by atoms with Gasteiger partial charge in [-0.05, 0) is 67.6 Å². The zero-order valence-electron chi connectivity index (χ0n) is 19.8. The summed E-state index contributed by atoms with van der Waals surface area (Å²) < 4.78 is 27.8. The molecule has 2 aliphatic rings. The van der Waals surface area contributed by atoms with Crippen molar-refractivity contribution in [2.75, 3.05) is 19.6 Å². The third-order valence-corrected chi connectivity index (χ3v) is 8.92. The van der Waals surface area contributed by atoms with E-state index in [4.69, 9.17) is 17.0 Å². The van der Waals surface area contributed by atoms with E-state index in [9.17, 15) is 23.1 Å². The number of fused-ring (bicyclic) bond motifs is 1. The Morgan fingerprint density at radius 1 is 1.06 bits per heavy atom. The number of carboxylic acid groups (broad SMARTS) is 1. The second kappa shape index (κ2) is 11.3. The molecule has 1 amide bonds. The lowest BCUT2D eigenvalue weighted by molar-refractivity contribution is -0.155. The van der Waals surface area contributed by atoms with E-state index in [0.29, 0.717) is 29.1 Å². The monoisotopic (exact) mass is 556 g/mol. The Labute approximate surface area is 221 Å². The lowest BCUT2D eigenvalue weighted by Crippen LogP contribution is -2.60. The molecule has 9 nitrogen and oxygen atoms in total. The van der Waals surface area contributed by atoms with E-state index in [1.54, 1.807) is 37.3 Å². The fourth-order valence-corrected chi connectivity index (χ4v) is 6.63. The number of piperazine rings is 1. The van der Waals surface area contributed by atoms with Crippen LogP contribution in [0.25, 0.3) is 10.8 Å². The summed E-state index contributed by atoms with van der Waals surface area (Å²) in [6.07, 6.45) is 2.67. The summed E-state index contributed by atoms with van der Waals surface area (Å²) in [6.45, 7) is 1.43. The molecule has 1 heterocycles. The summed E-state index contributed by atoms with van der Waals surface area (Å²) in [5.41, 5.74) is 0. The van der Waals surface area contributed by atoms with Crippen molar-refractivity contribution in [1.82, 2.24) is 14.5 Å². The second-order valence-corrected chi connectivity index (χ2v) is 11.6. The van der Waals surface area contributed by atoms with Gasteiger partial charge in [-0.2, -0.15) is 4.31 Å². The predicted molar refractivity (Wildman–Crippen MR) is 140 cm³/mol. The van der Waals surface area contributed by atoms with Gasteiger partial charge in [0, 0.05) is 36.6 Å². The maximum Gasteiger partial charge on any atom is 0.327 e. The van der Waals surface area contributed by atoms with E-state index in [2.05, 4.69) is 5.32 Å². The minimum absolute atomic E-state index is 0. The van der Waals surface area contributed by atoms with Crippen molar-refractivity contribution in [2.24, 2.45) is 5.92 Å². The number of carbonyl (C=O) groups excluding carboxylic acids is 1. The van der Waals surface area contributed by atoms with Gasteiger partial charge in [0.15, 0.2) is 0 Å². The molecule has 1 aliphatic heterocycles. The smallest absolute Gasteiger partial charge is 0.327 e. The summed E-state index contributed by atoms with van der Waals surface area (Å²) >= 11 is 6.01. The summed E-state index contributed by atoms with van der Waals surface area (Å²) in [5.74, 6) is -1.36. The van der Waals surface area contributed by atoms with Gasteiger partial charge >= 0.3 is 5.97 Å². The SMILES string of the molecule is CC(=N)NC1CCC(C(=O)N2CCN(S(=O)(=O)c3ccc4cc(Cl)ccc4c3)CC2C(=O)O)CC1.Cl. The Kier molecular flexibility index (Phi) is 8.87. The second-order valence-electron chi connectivity index (χ2n) is 9.22. The number of amides is 1. The standard InChI is InChI=1S/C24H29ClN4O5S.ClH/c1-15(26)27-20-7-3-16(4-8-20)23(30)29-11-10-28(14-22(29)24(31)32)35(33,34)21-9-5-17-12-19(25)6-2-18(17)13-21;/h2,5-6,9,12-13,16,20,22H,3-4,7-8,10-11,14H2,1H3,(H2,26,27)(H,31,32);1H. The zero-order valence-corrected chi connectivity index (χ0v) is 22.2. The average Bonchev–Trinajstić information content (AvgIpc) is 2.82. The summed E-state index contributed by atoms with van der Waals surface area (Å²) in [6, 6.07) is 8.78. The average molecular weight is 558 g/mol. The molecule has 0 spiro atoms. The van der Waals surface area contributed by atoms with E-state index in [0.717, 1.165) is 22.5 Å². The van der Waals surface area contributed by atoms with Crippen LogP contribution in [0.15, 0.2) is 41.3 Å². The van der Waals surface area contributed by atoms with E-state index < -0.39 is 22.0 Å². The van der Waals surface area contributed by atoms with Crippen molar-refractivity contribution < 1.29 is 23.1 Å². The fourth-order valence-electron chi connectivity index (χ4n) is 4.98. The number of benzene rings is 2. The highest BCUT2D eigenvalue weighted by Gasteiger charge is 2.42. The molecule has 1 atom stereocenters. The minimum atomic E-state index is -3.95. The molecule has 3 N–H and O–H groups in total. The van der Waals surface area contributed by atoms with Gasteiger partial charge in [0.2, 0.25) is 15.9 Å². The van der Waals surface area contributed by atoms with Gasteiger partial charge < -0.3 is 15.3 Å². The largest absolute Gasteiger partial charge is 0.480 e. The normalized spacial score (nSPS) is 23.1. The summed E-state index contributed by atoms with van der Waals surface area (Å²) in [4.78, 5) is 26.7. The Bertz CT molecular complexity index is 1260. The molecule has 2 aromatic carbocycles. The van der Waals surface area contributed by atoms with Gasteiger partial charge in [-0.3, -0.25) is 10.2 Å². The van der Waals surface area contributed by atoms with E-state index in [1.165, 1.54) is 11.0 Å². The number of hydrogen-bond donors (Lipinski definition) is 3. The summed E-state index contributed by atoms with van der Waals surface area (Å²) in [5, 5.41) is 22.6. The Morgan fingerprint density at radius 3 is 2.33 bits per heavy atom. The Morgan fingerprint density at radius 2 is 1.69 bits per heavy atom. The first-order valence-electron chi connectivity index (χ1n) is 11.6. The molecule has 0 radical (unpaired) electrons. The molecule has 1 aliphatic carbocycles. The summed E-state index contributed by atoms with van der Waals surface area (Å²) in [7, 11) is -3.95. The van der Waals surface area contributed by atoms with Crippen LogP contribution in [0.3, 0.4) is 0 Å². The molecule has 4 rings (SSSR count). The van der Waals surface area contributed by atoms with Gasteiger partial charge in [-0.1, -0.05) is 23.7 Å². The number of amidine groups is 1. The van der Waals surface area contributed by atoms with E-state index in [1.807, 2.05) is 0 Å². The van der Waals surface area contributed by atoms with Crippen LogP contribution in [0.4, 0.5) is 0 Å². The van der Waals surface area contributed by atoms with Gasteiger partial charge in [-0.15, -0.1) is 12.4 Å². The van der Waals surface area contributed by atoms with Crippen LogP contribution in [-0.4, -0.2) is 72.2 Å². The molecule has 1 saturated heterocycles. The van der Waals surface area contributed by atoms with Crippen LogP contribution in [0.5, 0.6) is 0 Å². The first kappa shape index (κ1) is 28.2. The number of hydrogen-bond acceptors (Lipinski definition) is 5. The molecule has 0 aromatic heterocycles. The van der Waals surface area contributed by atoms with Crippen LogP contribution < -0.4 is 5.32 Å². The van der Waals surface area contributed by atoms with Crippen molar-refractivity contribution >= 4 is 62.5 Å². The third-order valence-electron chi connectivity index (χ3n) is 6.82.